The van der Waals surface area contributed by atoms with Crippen molar-refractivity contribution < 1.29 is 23.7 Å². The zero-order valence-corrected chi connectivity index (χ0v) is 20.9. The molecule has 3 N–H and O–H groups in total. The fourth-order valence-corrected chi connectivity index (χ4v) is 4.39. The van der Waals surface area contributed by atoms with Crippen molar-refractivity contribution in [1.29, 1.82) is 0 Å². The first kappa shape index (κ1) is 24.3. The molecule has 192 valence electrons. The Bertz CT molecular complexity index is 1470. The monoisotopic (exact) mass is 504 g/mol. The third-order valence-electron chi connectivity index (χ3n) is 6.22. The number of rotatable bonds is 8. The van der Waals surface area contributed by atoms with Crippen LogP contribution in [0.3, 0.4) is 0 Å². The number of amides is 1. The summed E-state index contributed by atoms with van der Waals surface area (Å²) in [4.78, 5) is 22.7. The van der Waals surface area contributed by atoms with E-state index in [-0.39, 0.29) is 23.4 Å². The summed E-state index contributed by atoms with van der Waals surface area (Å²) in [6.07, 6.45) is 3.45. The molecule has 0 saturated carbocycles. The van der Waals surface area contributed by atoms with E-state index in [0.29, 0.717) is 58.2 Å². The Hall–Kier alpha value is -4.38. The van der Waals surface area contributed by atoms with Gasteiger partial charge in [0.15, 0.2) is 17.1 Å². The lowest BCUT2D eigenvalue weighted by atomic mass is 10.2. The molecule has 11 nitrogen and oxygen atoms in total. The van der Waals surface area contributed by atoms with Crippen molar-refractivity contribution in [2.45, 2.75) is 18.9 Å². The lowest BCUT2D eigenvalue weighted by Gasteiger charge is -2.12. The Morgan fingerprint density at radius 2 is 1.86 bits per heavy atom. The number of carbonyl (C=O) groups excluding carboxylic acids is 1. The molecule has 0 aliphatic carbocycles. The van der Waals surface area contributed by atoms with Crippen LogP contribution in [0.15, 0.2) is 41.5 Å². The lowest BCUT2D eigenvalue weighted by Crippen LogP contribution is -2.32. The highest BCUT2D eigenvalue weighted by molar-refractivity contribution is 6.10. The van der Waals surface area contributed by atoms with E-state index in [1.807, 2.05) is 24.3 Å². The van der Waals surface area contributed by atoms with Crippen LogP contribution in [0.1, 0.15) is 28.8 Å². The highest BCUT2D eigenvalue weighted by Gasteiger charge is 2.25. The third-order valence-corrected chi connectivity index (χ3v) is 6.22. The summed E-state index contributed by atoms with van der Waals surface area (Å²) < 4.78 is 23.3. The number of hydrogen-bond acceptors (Lipinski definition) is 9. The SMILES string of the molecule is COc1cc(/C=N\n2c(N)c(C(=O)NC[C@@H]3CCCO3)c3nc4ccccc4nc32)cc(OC)c1OC. The zero-order valence-electron chi connectivity index (χ0n) is 20.9. The molecular weight excluding hydrogens is 476 g/mol. The minimum atomic E-state index is -0.357. The van der Waals surface area contributed by atoms with E-state index in [4.69, 9.17) is 34.6 Å². The van der Waals surface area contributed by atoms with E-state index >= 15 is 0 Å². The number of nitrogen functional groups attached to an aromatic ring is 1. The first-order valence-electron chi connectivity index (χ1n) is 11.8. The van der Waals surface area contributed by atoms with Gasteiger partial charge in [0.1, 0.15) is 16.9 Å². The summed E-state index contributed by atoms with van der Waals surface area (Å²) in [5, 5.41) is 7.49. The Labute approximate surface area is 213 Å². The van der Waals surface area contributed by atoms with Gasteiger partial charge < -0.3 is 30.0 Å². The molecule has 5 rings (SSSR count). The van der Waals surface area contributed by atoms with Gasteiger partial charge in [0.25, 0.3) is 5.91 Å². The molecule has 0 unspecified atom stereocenters. The van der Waals surface area contributed by atoms with E-state index in [1.54, 1.807) is 18.3 Å². The molecule has 0 spiro atoms. The number of anilines is 1. The molecule has 1 aliphatic rings. The average molecular weight is 505 g/mol. The normalized spacial score (nSPS) is 15.5. The average Bonchev–Trinajstić information content (AvgIpc) is 3.54. The maximum atomic E-state index is 13.3. The van der Waals surface area contributed by atoms with E-state index in [9.17, 15) is 4.79 Å². The first-order valence-corrected chi connectivity index (χ1v) is 11.8. The van der Waals surface area contributed by atoms with Crippen LogP contribution in [0, 0.1) is 0 Å². The molecule has 0 bridgehead atoms. The van der Waals surface area contributed by atoms with Crippen molar-refractivity contribution in [3.05, 3.63) is 47.5 Å². The fraction of sp³-hybridized carbons (Fsp3) is 0.308. The van der Waals surface area contributed by atoms with Gasteiger partial charge in [-0.1, -0.05) is 12.1 Å². The van der Waals surface area contributed by atoms with Gasteiger partial charge in [0, 0.05) is 18.7 Å². The van der Waals surface area contributed by atoms with Crippen LogP contribution in [0.4, 0.5) is 5.82 Å². The van der Waals surface area contributed by atoms with Crippen molar-refractivity contribution in [1.82, 2.24) is 20.0 Å². The molecule has 1 saturated heterocycles. The maximum Gasteiger partial charge on any atom is 0.257 e. The van der Waals surface area contributed by atoms with Crippen LogP contribution in [0.25, 0.3) is 22.2 Å². The minimum Gasteiger partial charge on any atom is -0.493 e. The van der Waals surface area contributed by atoms with Crippen molar-refractivity contribution in [2.75, 3.05) is 40.2 Å². The number of benzene rings is 2. The van der Waals surface area contributed by atoms with Gasteiger partial charge in [-0.2, -0.15) is 9.78 Å². The summed E-state index contributed by atoms with van der Waals surface area (Å²) >= 11 is 0. The van der Waals surface area contributed by atoms with Gasteiger partial charge in [-0.3, -0.25) is 4.79 Å². The van der Waals surface area contributed by atoms with Crippen LogP contribution in [-0.4, -0.2) is 67.4 Å². The molecule has 37 heavy (non-hydrogen) atoms. The number of fused-ring (bicyclic) bond motifs is 2. The standard InChI is InChI=1S/C26H28N6O5/c1-34-19-11-15(12-20(35-2)23(19)36-3)13-29-32-24(27)21(26(33)28-14-16-7-6-10-37-16)22-25(32)31-18-9-5-4-8-17(18)30-22/h4-5,8-9,11-13,16H,6-7,10,14,27H2,1-3H3,(H,28,33)/b29-13-/t16-/m0/s1. The second kappa shape index (κ2) is 10.3. The number of nitrogens with zero attached hydrogens (tertiary/aromatic N) is 4. The van der Waals surface area contributed by atoms with E-state index in [2.05, 4.69) is 10.4 Å². The van der Waals surface area contributed by atoms with E-state index in [1.165, 1.54) is 26.0 Å². The third kappa shape index (κ3) is 4.60. The summed E-state index contributed by atoms with van der Waals surface area (Å²) in [7, 11) is 4.62. The highest BCUT2D eigenvalue weighted by atomic mass is 16.5. The molecule has 0 radical (unpaired) electrons. The lowest BCUT2D eigenvalue weighted by molar-refractivity contribution is 0.0859. The second-order valence-electron chi connectivity index (χ2n) is 8.50. The van der Waals surface area contributed by atoms with Crippen molar-refractivity contribution in [3.8, 4) is 17.2 Å². The maximum absolute atomic E-state index is 13.3. The quantitative estimate of drug-likeness (QED) is 0.350. The van der Waals surface area contributed by atoms with Gasteiger partial charge in [-0.25, -0.2) is 9.97 Å². The summed E-state index contributed by atoms with van der Waals surface area (Å²) in [5.74, 6) is 1.20. The molecule has 1 amide bonds. The van der Waals surface area contributed by atoms with Crippen LogP contribution in [0.2, 0.25) is 0 Å². The predicted molar refractivity (Wildman–Crippen MR) is 140 cm³/mol. The van der Waals surface area contributed by atoms with Gasteiger partial charge in [-0.15, -0.1) is 0 Å². The molecule has 3 heterocycles. The number of methoxy groups -OCH3 is 3. The Balaban J connectivity index is 1.59. The Kier molecular flexibility index (Phi) is 6.78. The number of carbonyl (C=O) groups is 1. The topological polar surface area (TPSA) is 135 Å². The van der Waals surface area contributed by atoms with Crippen LogP contribution >= 0.6 is 0 Å². The van der Waals surface area contributed by atoms with Crippen LogP contribution in [-0.2, 0) is 4.74 Å². The number of para-hydroxylation sites is 2. The number of nitrogens with one attached hydrogen (secondary N) is 1. The number of aromatic nitrogens is 3. The smallest absolute Gasteiger partial charge is 0.257 e. The Morgan fingerprint density at radius 3 is 2.49 bits per heavy atom. The molecule has 2 aromatic carbocycles. The first-order chi connectivity index (χ1) is 18.0. The predicted octanol–water partition coefficient (Wildman–Crippen LogP) is 2.98. The summed E-state index contributed by atoms with van der Waals surface area (Å²) in [6, 6.07) is 10.9. The van der Waals surface area contributed by atoms with Gasteiger partial charge >= 0.3 is 0 Å². The van der Waals surface area contributed by atoms with Crippen LogP contribution < -0.4 is 25.3 Å². The number of nitrogens with two attached hydrogens (primary N) is 1. The largest absolute Gasteiger partial charge is 0.493 e. The fourth-order valence-electron chi connectivity index (χ4n) is 4.39. The number of hydrogen-bond donors (Lipinski definition) is 2. The molecule has 1 aliphatic heterocycles. The summed E-state index contributed by atoms with van der Waals surface area (Å²) in [6.45, 7) is 1.09. The molecule has 11 heteroatoms. The van der Waals surface area contributed by atoms with Crippen molar-refractivity contribution in [2.24, 2.45) is 5.10 Å². The van der Waals surface area contributed by atoms with Crippen molar-refractivity contribution in [3.63, 3.8) is 0 Å². The minimum absolute atomic E-state index is 0.0107. The van der Waals surface area contributed by atoms with E-state index in [0.717, 1.165) is 12.8 Å². The van der Waals surface area contributed by atoms with Gasteiger partial charge in [0.2, 0.25) is 5.75 Å². The summed E-state index contributed by atoms with van der Waals surface area (Å²) in [5.41, 5.74) is 9.40. The molecule has 4 aromatic rings. The molecule has 1 atom stereocenters. The molecule has 1 fully saturated rings. The van der Waals surface area contributed by atoms with Gasteiger partial charge in [-0.05, 0) is 37.1 Å². The molecular formula is C26H28N6O5. The molecule has 2 aromatic heterocycles. The van der Waals surface area contributed by atoms with Crippen LogP contribution in [0.5, 0.6) is 17.2 Å². The Morgan fingerprint density at radius 1 is 1.16 bits per heavy atom. The zero-order chi connectivity index (χ0) is 25.9. The van der Waals surface area contributed by atoms with E-state index < -0.39 is 0 Å². The number of ether oxygens (including phenoxy) is 4. The highest BCUT2D eigenvalue weighted by Crippen LogP contribution is 2.38. The van der Waals surface area contributed by atoms with Crippen molar-refractivity contribution >= 4 is 40.1 Å². The van der Waals surface area contributed by atoms with Gasteiger partial charge in [0.05, 0.1) is 44.7 Å². The second-order valence-corrected chi connectivity index (χ2v) is 8.50.